The first-order chi connectivity index (χ1) is 6.72. The van der Waals surface area contributed by atoms with Crippen molar-refractivity contribution >= 4 is 6.09 Å². The van der Waals surface area contributed by atoms with Gasteiger partial charge in [-0.3, -0.25) is 0 Å². The predicted octanol–water partition coefficient (Wildman–Crippen LogP) is 1.08. The van der Waals surface area contributed by atoms with E-state index in [0.29, 0.717) is 12.2 Å². The minimum atomic E-state index is -0.822. The number of hydrogen-bond donors (Lipinski definition) is 2. The average molecular weight is 194 g/mol. The second-order valence-corrected chi connectivity index (χ2v) is 2.71. The maximum Gasteiger partial charge on any atom is 0.409 e. The molecule has 0 aliphatic carbocycles. The zero-order valence-electron chi connectivity index (χ0n) is 7.64. The number of ether oxygens (including phenoxy) is 1. The van der Waals surface area contributed by atoms with Crippen LogP contribution in [-0.4, -0.2) is 17.8 Å². The highest BCUT2D eigenvalue weighted by Crippen LogP contribution is 2.13. The van der Waals surface area contributed by atoms with Crippen LogP contribution in [0.2, 0.25) is 0 Å². The van der Waals surface area contributed by atoms with Crippen LogP contribution in [0.5, 0.6) is 5.75 Å². The minimum Gasteiger partial charge on any atom is -0.411 e. The van der Waals surface area contributed by atoms with E-state index >= 15 is 0 Å². The number of benzene rings is 1. The number of rotatable bonds is 4. The van der Waals surface area contributed by atoms with Gasteiger partial charge >= 0.3 is 6.09 Å². The van der Waals surface area contributed by atoms with E-state index in [1.165, 1.54) is 0 Å². The largest absolute Gasteiger partial charge is 0.411 e. The smallest absolute Gasteiger partial charge is 0.409 e. The highest BCUT2D eigenvalue weighted by Gasteiger charge is 1.98. The fourth-order valence-electron chi connectivity index (χ4n) is 1.02. The summed E-state index contributed by atoms with van der Waals surface area (Å²) in [6, 6.07) is 6.86. The van der Waals surface area contributed by atoms with E-state index in [9.17, 15) is 4.79 Å². The van der Waals surface area contributed by atoms with Crippen molar-refractivity contribution in [1.29, 1.82) is 0 Å². The molecule has 0 aromatic heterocycles. The summed E-state index contributed by atoms with van der Waals surface area (Å²) in [4.78, 5) is 10.4. The molecule has 0 fully saturated rings. The Bertz CT molecular complexity index is 295. The zero-order valence-corrected chi connectivity index (χ0v) is 7.64. The maximum absolute atomic E-state index is 10.4. The third-order valence-corrected chi connectivity index (χ3v) is 1.61. The molecule has 1 aromatic carbocycles. The summed E-state index contributed by atoms with van der Waals surface area (Å²) in [6.45, 7) is 0.125. The lowest BCUT2D eigenvalue weighted by Crippen LogP contribution is -2.16. The highest BCUT2D eigenvalue weighted by atomic mass is 16.5. The molecule has 4 heteroatoms. The molecule has 0 heterocycles. The van der Waals surface area contributed by atoms with Crippen molar-refractivity contribution < 1.29 is 14.6 Å². The molecule has 75 valence electrons. The van der Waals surface area contributed by atoms with Crippen LogP contribution >= 0.6 is 0 Å². The van der Waals surface area contributed by atoms with Crippen LogP contribution in [0.3, 0.4) is 0 Å². The summed E-state index contributed by atoms with van der Waals surface area (Å²) in [5.41, 5.74) is 5.81. The highest BCUT2D eigenvalue weighted by molar-refractivity contribution is 5.68. The third-order valence-electron chi connectivity index (χ3n) is 1.61. The van der Waals surface area contributed by atoms with E-state index in [1.54, 1.807) is 24.3 Å². The van der Waals surface area contributed by atoms with Crippen molar-refractivity contribution in [3.05, 3.63) is 36.2 Å². The Morgan fingerprint density at radius 1 is 1.43 bits per heavy atom. The van der Waals surface area contributed by atoms with Gasteiger partial charge in [0.1, 0.15) is 5.75 Å². The van der Waals surface area contributed by atoms with Crippen LogP contribution in [0.25, 0.3) is 0 Å². The molecule has 14 heavy (non-hydrogen) atoms. The molecule has 0 unspecified atom stereocenters. The lowest BCUT2D eigenvalue weighted by molar-refractivity contribution is 0.211. The molecule has 0 aliphatic heterocycles. The SMILES string of the molecule is NC(=O)Oc1ccc([CH]CCO)cc1. The first-order valence-corrected chi connectivity index (χ1v) is 4.24. The summed E-state index contributed by atoms with van der Waals surface area (Å²) in [7, 11) is 0. The standard InChI is InChI=1S/C10H12NO3/c11-10(13)14-9-5-3-8(4-6-9)2-1-7-12/h2-6,12H,1,7H2,(H2,11,13). The Kier molecular flexibility index (Phi) is 3.94. The maximum atomic E-state index is 10.4. The molecule has 1 amide bonds. The topological polar surface area (TPSA) is 72.6 Å². The quantitative estimate of drug-likeness (QED) is 0.753. The van der Waals surface area contributed by atoms with Crippen molar-refractivity contribution in [2.45, 2.75) is 6.42 Å². The van der Waals surface area contributed by atoms with Crippen molar-refractivity contribution in [2.75, 3.05) is 6.61 Å². The van der Waals surface area contributed by atoms with Crippen LogP contribution in [0.4, 0.5) is 4.79 Å². The van der Waals surface area contributed by atoms with Crippen LogP contribution in [0, 0.1) is 6.42 Å². The van der Waals surface area contributed by atoms with Crippen molar-refractivity contribution in [2.24, 2.45) is 5.73 Å². The van der Waals surface area contributed by atoms with E-state index in [2.05, 4.69) is 4.74 Å². The van der Waals surface area contributed by atoms with Crippen molar-refractivity contribution in [3.63, 3.8) is 0 Å². The summed E-state index contributed by atoms with van der Waals surface area (Å²) in [6.07, 6.45) is 1.67. The number of nitrogens with two attached hydrogens (primary N) is 1. The van der Waals surface area contributed by atoms with Crippen molar-refractivity contribution in [3.8, 4) is 5.75 Å². The summed E-state index contributed by atoms with van der Waals surface area (Å²) in [5, 5.41) is 8.58. The molecular weight excluding hydrogens is 182 g/mol. The Morgan fingerprint density at radius 3 is 2.57 bits per heavy atom. The number of aliphatic hydroxyl groups excluding tert-OH is 1. The molecule has 0 saturated carbocycles. The second kappa shape index (κ2) is 5.24. The first kappa shape index (κ1) is 10.5. The first-order valence-electron chi connectivity index (χ1n) is 4.24. The molecule has 0 aliphatic rings. The Labute approximate surface area is 82.3 Å². The van der Waals surface area contributed by atoms with E-state index in [4.69, 9.17) is 10.8 Å². The summed E-state index contributed by atoms with van der Waals surface area (Å²) in [5.74, 6) is 0.415. The zero-order chi connectivity index (χ0) is 10.4. The molecule has 1 rings (SSSR count). The summed E-state index contributed by atoms with van der Waals surface area (Å²) >= 11 is 0. The van der Waals surface area contributed by atoms with Gasteiger partial charge in [-0.25, -0.2) is 4.79 Å². The Hall–Kier alpha value is -1.55. The van der Waals surface area contributed by atoms with Gasteiger partial charge in [-0.2, -0.15) is 0 Å². The van der Waals surface area contributed by atoms with Gasteiger partial charge in [-0.05, 0) is 30.5 Å². The molecule has 3 N–H and O–H groups in total. The Morgan fingerprint density at radius 2 is 2.07 bits per heavy atom. The van der Waals surface area contributed by atoms with E-state index < -0.39 is 6.09 Å². The molecule has 1 aromatic rings. The number of carbonyl (C=O) groups excluding carboxylic acids is 1. The molecule has 0 saturated heterocycles. The molecule has 4 nitrogen and oxygen atoms in total. The average Bonchev–Trinajstić information content (AvgIpc) is 2.16. The predicted molar refractivity (Wildman–Crippen MR) is 51.8 cm³/mol. The minimum absolute atomic E-state index is 0.125. The summed E-state index contributed by atoms with van der Waals surface area (Å²) < 4.78 is 4.65. The normalized spacial score (nSPS) is 9.79. The van der Waals surface area contributed by atoms with Crippen LogP contribution in [0.1, 0.15) is 12.0 Å². The molecule has 0 atom stereocenters. The van der Waals surface area contributed by atoms with Crippen LogP contribution in [-0.2, 0) is 0 Å². The van der Waals surface area contributed by atoms with Crippen molar-refractivity contribution in [1.82, 2.24) is 0 Å². The molecule has 1 radical (unpaired) electrons. The third kappa shape index (κ3) is 3.45. The molecule has 0 spiro atoms. The van der Waals surface area contributed by atoms with Gasteiger partial charge < -0.3 is 15.6 Å². The van der Waals surface area contributed by atoms with E-state index in [-0.39, 0.29) is 6.61 Å². The van der Waals surface area contributed by atoms with E-state index in [0.717, 1.165) is 5.56 Å². The Balaban J connectivity index is 2.54. The van der Waals surface area contributed by atoms with E-state index in [1.807, 2.05) is 6.42 Å². The van der Waals surface area contributed by atoms with Gasteiger partial charge in [0.15, 0.2) is 0 Å². The van der Waals surface area contributed by atoms with Gasteiger partial charge in [-0.1, -0.05) is 12.1 Å². The second-order valence-electron chi connectivity index (χ2n) is 2.71. The number of amides is 1. The van der Waals surface area contributed by atoms with Gasteiger partial charge in [0.05, 0.1) is 0 Å². The van der Waals surface area contributed by atoms with Gasteiger partial charge in [0, 0.05) is 6.61 Å². The van der Waals surface area contributed by atoms with Gasteiger partial charge in [0.25, 0.3) is 0 Å². The lowest BCUT2D eigenvalue weighted by Gasteiger charge is -2.02. The van der Waals surface area contributed by atoms with Crippen LogP contribution in [0.15, 0.2) is 24.3 Å². The molecule has 0 bridgehead atoms. The fraction of sp³-hybridized carbons (Fsp3) is 0.200. The number of hydrogen-bond acceptors (Lipinski definition) is 3. The monoisotopic (exact) mass is 194 g/mol. The molecular formula is C10H12NO3. The van der Waals surface area contributed by atoms with Gasteiger partial charge in [-0.15, -0.1) is 0 Å². The number of primary amides is 1. The van der Waals surface area contributed by atoms with Crippen LogP contribution < -0.4 is 10.5 Å². The lowest BCUT2D eigenvalue weighted by atomic mass is 10.1. The number of aliphatic hydroxyl groups is 1. The van der Waals surface area contributed by atoms with Gasteiger partial charge in [0.2, 0.25) is 0 Å². The number of carbonyl (C=O) groups is 1. The fourth-order valence-corrected chi connectivity index (χ4v) is 1.02.